The lowest BCUT2D eigenvalue weighted by molar-refractivity contribution is 0.964. The first-order chi connectivity index (χ1) is 17.7. The number of aromatic nitrogens is 1. The zero-order valence-electron chi connectivity index (χ0n) is 22.5. The van der Waals surface area contributed by atoms with Crippen LogP contribution in [0.2, 0.25) is 0 Å². The first-order valence-electron chi connectivity index (χ1n) is 13.6. The molecule has 2 aliphatic rings. The molecule has 1 N–H and O–H groups in total. The molecule has 4 aromatic rings. The van der Waals surface area contributed by atoms with Gasteiger partial charge in [0.1, 0.15) is 0 Å². The second-order valence-corrected chi connectivity index (χ2v) is 9.06. The number of H-pyrrole nitrogens is 1. The zero-order chi connectivity index (χ0) is 25.5. The number of aryl methyl sites for hydroxylation is 2. The first-order valence-corrected chi connectivity index (χ1v) is 13.6. The van der Waals surface area contributed by atoms with E-state index < -0.39 is 0 Å². The normalized spacial score (nSPS) is 14.0. The molecule has 184 valence electrons. The molecule has 0 amide bonds. The van der Waals surface area contributed by atoms with Gasteiger partial charge in [-0.15, -0.1) is 0 Å². The Kier molecular flexibility index (Phi) is 8.44. The Bertz CT molecular complexity index is 1410. The molecule has 1 aromatic heterocycles. The summed E-state index contributed by atoms with van der Waals surface area (Å²) in [6.07, 6.45) is 13.5. The Hall–Kier alpha value is -3.58. The summed E-state index contributed by atoms with van der Waals surface area (Å²) in [6.45, 7) is 10.2. The highest BCUT2D eigenvalue weighted by molar-refractivity contribution is 5.98. The minimum absolute atomic E-state index is 1.06. The first kappa shape index (κ1) is 25.5. The molecule has 0 unspecified atom stereocenters. The number of benzene rings is 3. The molecule has 0 fully saturated rings. The zero-order valence-corrected chi connectivity index (χ0v) is 22.5. The maximum atomic E-state index is 3.65. The topological polar surface area (TPSA) is 15.8 Å². The molecule has 1 heterocycles. The van der Waals surface area contributed by atoms with Crippen LogP contribution >= 0.6 is 0 Å². The van der Waals surface area contributed by atoms with Crippen molar-refractivity contribution in [3.63, 3.8) is 0 Å². The number of nitrogens with one attached hydrogen (secondary N) is 1. The molecule has 0 bridgehead atoms. The third-order valence-electron chi connectivity index (χ3n) is 6.83. The molecule has 6 rings (SSSR count). The summed E-state index contributed by atoms with van der Waals surface area (Å²) in [5.41, 5.74) is 13.5. The predicted molar refractivity (Wildman–Crippen MR) is 160 cm³/mol. The molecule has 1 nitrogen and oxygen atoms in total. The average Bonchev–Trinajstić information content (AvgIpc) is 3.33. The summed E-state index contributed by atoms with van der Waals surface area (Å²) in [6, 6.07) is 24.7. The van der Waals surface area contributed by atoms with Gasteiger partial charge in [-0.25, -0.2) is 0 Å². The van der Waals surface area contributed by atoms with E-state index in [1.165, 1.54) is 61.1 Å². The number of hydrogen-bond donors (Lipinski definition) is 1. The van der Waals surface area contributed by atoms with Crippen molar-refractivity contribution in [1.82, 2.24) is 4.98 Å². The second-order valence-electron chi connectivity index (χ2n) is 9.06. The predicted octanol–water partition coefficient (Wildman–Crippen LogP) is 10.4. The molecule has 0 aliphatic heterocycles. The van der Waals surface area contributed by atoms with E-state index >= 15 is 0 Å². The molecule has 0 saturated carbocycles. The summed E-state index contributed by atoms with van der Waals surface area (Å²) in [5.74, 6) is 0. The van der Waals surface area contributed by atoms with Crippen LogP contribution in [0.3, 0.4) is 0 Å². The summed E-state index contributed by atoms with van der Waals surface area (Å²) >= 11 is 0. The van der Waals surface area contributed by atoms with Crippen LogP contribution < -0.4 is 0 Å². The maximum absolute atomic E-state index is 3.65. The van der Waals surface area contributed by atoms with Crippen LogP contribution in [-0.2, 0) is 6.42 Å². The Labute approximate surface area is 217 Å². The largest absolute Gasteiger partial charge is 0.358 e. The van der Waals surface area contributed by atoms with Crippen LogP contribution in [0.4, 0.5) is 0 Å². The van der Waals surface area contributed by atoms with Crippen LogP contribution in [-0.4, -0.2) is 4.98 Å². The van der Waals surface area contributed by atoms with Gasteiger partial charge in [0.2, 0.25) is 0 Å². The number of rotatable bonds is 3. The quantitative estimate of drug-likeness (QED) is 0.304. The van der Waals surface area contributed by atoms with Gasteiger partial charge in [0.25, 0.3) is 0 Å². The Balaban J connectivity index is 0.000000726. The Morgan fingerprint density at radius 3 is 2.11 bits per heavy atom. The molecule has 1 heteroatoms. The average molecular weight is 474 g/mol. The van der Waals surface area contributed by atoms with Gasteiger partial charge in [0.15, 0.2) is 0 Å². The molecule has 0 spiro atoms. The summed E-state index contributed by atoms with van der Waals surface area (Å²) < 4.78 is 0. The molecule has 0 saturated heterocycles. The standard InChI is InChI=1S/C31H27N.2C2H6/c1-21-12-14-30-28(16-21)29-20-24(13-15-31(29)32-30)27-18-25(22-8-4-2-5-9-22)17-26(19-27)23-10-6-3-7-11-23;2*1-2/h2-6,8-10,12,14,16-20,32H,7,11,13,15H2,1H3;2*1-2H3. The van der Waals surface area contributed by atoms with E-state index in [1.54, 1.807) is 0 Å². The monoisotopic (exact) mass is 473 g/mol. The van der Waals surface area contributed by atoms with Crippen molar-refractivity contribution in [3.05, 3.63) is 113 Å². The summed E-state index contributed by atoms with van der Waals surface area (Å²) in [7, 11) is 0. The summed E-state index contributed by atoms with van der Waals surface area (Å²) in [4.78, 5) is 3.65. The second kappa shape index (κ2) is 11.9. The fourth-order valence-electron chi connectivity index (χ4n) is 5.12. The van der Waals surface area contributed by atoms with Gasteiger partial charge in [0, 0.05) is 22.2 Å². The Morgan fingerprint density at radius 1 is 0.667 bits per heavy atom. The Morgan fingerprint density at radius 2 is 1.39 bits per heavy atom. The van der Waals surface area contributed by atoms with Gasteiger partial charge in [-0.3, -0.25) is 0 Å². The van der Waals surface area contributed by atoms with E-state index in [0.29, 0.717) is 0 Å². The van der Waals surface area contributed by atoms with E-state index in [-0.39, 0.29) is 0 Å². The van der Waals surface area contributed by atoms with Gasteiger partial charge in [0.05, 0.1) is 0 Å². The minimum atomic E-state index is 1.06. The number of aromatic amines is 1. The highest BCUT2D eigenvalue weighted by Gasteiger charge is 2.18. The SMILES string of the molecule is CC.CC.Cc1ccc2[nH]c3c(c2c1)C=C(c1cc(C2=CC=CCC2)cc(-c2ccccc2)c1)CC3. The highest BCUT2D eigenvalue weighted by atomic mass is 14.7. The van der Waals surface area contributed by atoms with Crippen molar-refractivity contribution in [2.45, 2.75) is 60.3 Å². The van der Waals surface area contributed by atoms with Gasteiger partial charge in [-0.1, -0.05) is 87.9 Å². The number of hydrogen-bond acceptors (Lipinski definition) is 0. The molecular formula is C35H39N. The molecular weight excluding hydrogens is 434 g/mol. The van der Waals surface area contributed by atoms with E-state index in [1.807, 2.05) is 27.7 Å². The van der Waals surface area contributed by atoms with E-state index in [4.69, 9.17) is 0 Å². The minimum Gasteiger partial charge on any atom is -0.358 e. The van der Waals surface area contributed by atoms with Crippen LogP contribution in [0.15, 0.2) is 85.0 Å². The molecule has 0 atom stereocenters. The van der Waals surface area contributed by atoms with Crippen LogP contribution in [0.1, 0.15) is 74.9 Å². The molecule has 2 aliphatic carbocycles. The third kappa shape index (κ3) is 5.31. The van der Waals surface area contributed by atoms with Crippen LogP contribution in [0, 0.1) is 6.92 Å². The van der Waals surface area contributed by atoms with Gasteiger partial charge in [-0.05, 0) is 102 Å². The molecule has 0 radical (unpaired) electrons. The van der Waals surface area contributed by atoms with Gasteiger partial charge >= 0.3 is 0 Å². The van der Waals surface area contributed by atoms with E-state index in [2.05, 4.69) is 103 Å². The summed E-state index contributed by atoms with van der Waals surface area (Å²) in [5, 5.41) is 1.34. The smallest absolute Gasteiger partial charge is 0.0462 e. The van der Waals surface area contributed by atoms with Crippen molar-refractivity contribution in [2.24, 2.45) is 0 Å². The number of allylic oxidation sites excluding steroid dienone is 5. The van der Waals surface area contributed by atoms with Crippen molar-refractivity contribution in [3.8, 4) is 11.1 Å². The highest BCUT2D eigenvalue weighted by Crippen LogP contribution is 2.38. The lowest BCUT2D eigenvalue weighted by atomic mass is 9.86. The lowest BCUT2D eigenvalue weighted by Gasteiger charge is -2.18. The van der Waals surface area contributed by atoms with Crippen molar-refractivity contribution >= 4 is 28.1 Å². The third-order valence-corrected chi connectivity index (χ3v) is 6.83. The van der Waals surface area contributed by atoms with Gasteiger partial charge < -0.3 is 4.98 Å². The number of fused-ring (bicyclic) bond motifs is 3. The van der Waals surface area contributed by atoms with Crippen molar-refractivity contribution < 1.29 is 0 Å². The van der Waals surface area contributed by atoms with E-state index in [9.17, 15) is 0 Å². The van der Waals surface area contributed by atoms with Crippen molar-refractivity contribution in [1.29, 1.82) is 0 Å². The lowest BCUT2D eigenvalue weighted by Crippen LogP contribution is -1.99. The maximum Gasteiger partial charge on any atom is 0.0462 e. The van der Waals surface area contributed by atoms with Gasteiger partial charge in [-0.2, -0.15) is 0 Å². The fourth-order valence-corrected chi connectivity index (χ4v) is 5.12. The fraction of sp³-hybridized carbons (Fsp3) is 0.257. The molecule has 36 heavy (non-hydrogen) atoms. The van der Waals surface area contributed by atoms with Crippen LogP contribution in [0.5, 0.6) is 0 Å². The van der Waals surface area contributed by atoms with Crippen molar-refractivity contribution in [2.75, 3.05) is 0 Å². The van der Waals surface area contributed by atoms with Crippen LogP contribution in [0.25, 0.3) is 39.3 Å². The molecule has 3 aromatic carbocycles. The van der Waals surface area contributed by atoms with E-state index in [0.717, 1.165) is 25.7 Å².